The molecule has 1 aliphatic rings. The average molecular weight is 348 g/mol. The number of nitrogens with zero attached hydrogens (tertiary/aromatic N) is 1. The van der Waals surface area contributed by atoms with E-state index in [-0.39, 0.29) is 23.9 Å². The van der Waals surface area contributed by atoms with E-state index >= 15 is 0 Å². The molecule has 26 heavy (non-hydrogen) atoms. The molecule has 0 aliphatic heterocycles. The molecule has 1 aliphatic carbocycles. The number of aromatic nitrogens is 1. The Labute approximate surface area is 152 Å². The number of fused-ring (bicyclic) bond motifs is 2. The van der Waals surface area contributed by atoms with Gasteiger partial charge in [0.1, 0.15) is 6.54 Å². The van der Waals surface area contributed by atoms with Crippen molar-refractivity contribution in [1.82, 2.24) is 9.88 Å². The van der Waals surface area contributed by atoms with Crippen LogP contribution in [-0.4, -0.2) is 16.5 Å². The van der Waals surface area contributed by atoms with Crippen LogP contribution in [0.3, 0.4) is 0 Å². The Morgan fingerprint density at radius 2 is 1.50 bits per heavy atom. The van der Waals surface area contributed by atoms with Crippen LogP contribution in [0.1, 0.15) is 32.6 Å². The smallest absolute Gasteiger partial charge is 0.240 e. The van der Waals surface area contributed by atoms with Crippen molar-refractivity contribution in [1.29, 1.82) is 0 Å². The zero-order valence-electron chi connectivity index (χ0n) is 15.1. The molecular weight excluding hydrogens is 324 g/mol. The molecule has 1 amide bonds. The molecule has 1 heterocycles. The molecule has 134 valence electrons. The summed E-state index contributed by atoms with van der Waals surface area (Å²) in [5.74, 6) is 0.776. The Hall–Kier alpha value is -2.62. The molecule has 1 fully saturated rings. The summed E-state index contributed by atoms with van der Waals surface area (Å²) in [6.07, 6.45) is 4.46. The summed E-state index contributed by atoms with van der Waals surface area (Å²) < 4.78 is 1.97. The van der Waals surface area contributed by atoms with Gasteiger partial charge in [0, 0.05) is 16.8 Å². The zero-order valence-corrected chi connectivity index (χ0v) is 15.1. The Morgan fingerprint density at radius 1 is 0.962 bits per heavy atom. The van der Waals surface area contributed by atoms with Gasteiger partial charge in [-0.15, -0.1) is 0 Å². The second-order valence-corrected chi connectivity index (χ2v) is 7.47. The Kier molecular flexibility index (Phi) is 4.49. The molecule has 0 unspecified atom stereocenters. The topological polar surface area (TPSA) is 51.1 Å². The predicted octanol–water partition coefficient (Wildman–Crippen LogP) is 3.85. The molecule has 0 radical (unpaired) electrons. The third-order valence-corrected chi connectivity index (χ3v) is 5.56. The van der Waals surface area contributed by atoms with Crippen LogP contribution in [0.2, 0.25) is 0 Å². The first-order chi connectivity index (χ1) is 12.6. The van der Waals surface area contributed by atoms with Gasteiger partial charge in [-0.2, -0.15) is 0 Å². The lowest BCUT2D eigenvalue weighted by atomic mass is 9.87. The second-order valence-electron chi connectivity index (χ2n) is 7.47. The first kappa shape index (κ1) is 16.8. The molecule has 1 saturated carbocycles. The van der Waals surface area contributed by atoms with E-state index in [0.29, 0.717) is 10.8 Å². The van der Waals surface area contributed by atoms with Gasteiger partial charge in [0.25, 0.3) is 0 Å². The number of para-hydroxylation sites is 2. The van der Waals surface area contributed by atoms with E-state index in [1.54, 1.807) is 0 Å². The number of nitrogens with one attached hydrogen (secondary N) is 1. The predicted molar refractivity (Wildman–Crippen MR) is 105 cm³/mol. The summed E-state index contributed by atoms with van der Waals surface area (Å²) in [6.45, 7) is 2.50. The minimum Gasteiger partial charge on any atom is -0.352 e. The molecule has 2 aromatic carbocycles. The van der Waals surface area contributed by atoms with Crippen LogP contribution < -0.4 is 10.7 Å². The summed E-state index contributed by atoms with van der Waals surface area (Å²) in [5, 5.41) is 4.51. The van der Waals surface area contributed by atoms with Gasteiger partial charge in [0.15, 0.2) is 5.43 Å². The fourth-order valence-electron chi connectivity index (χ4n) is 4.07. The number of carbonyl (C=O) groups excluding carboxylic acids is 1. The van der Waals surface area contributed by atoms with Crippen LogP contribution >= 0.6 is 0 Å². The van der Waals surface area contributed by atoms with E-state index in [4.69, 9.17) is 0 Å². The lowest BCUT2D eigenvalue weighted by Crippen LogP contribution is -2.39. The van der Waals surface area contributed by atoms with E-state index in [0.717, 1.165) is 29.8 Å². The van der Waals surface area contributed by atoms with Crippen molar-refractivity contribution < 1.29 is 4.79 Å². The van der Waals surface area contributed by atoms with Gasteiger partial charge in [-0.05, 0) is 55.9 Å². The molecule has 0 bridgehead atoms. The van der Waals surface area contributed by atoms with E-state index in [9.17, 15) is 9.59 Å². The molecule has 1 aromatic heterocycles. The third kappa shape index (κ3) is 3.12. The van der Waals surface area contributed by atoms with Crippen LogP contribution in [0.25, 0.3) is 21.8 Å². The van der Waals surface area contributed by atoms with E-state index in [1.807, 2.05) is 53.1 Å². The number of carbonyl (C=O) groups is 1. The lowest BCUT2D eigenvalue weighted by molar-refractivity contribution is -0.122. The van der Waals surface area contributed by atoms with Crippen LogP contribution in [-0.2, 0) is 11.3 Å². The summed E-state index contributed by atoms with van der Waals surface area (Å²) in [6, 6.07) is 15.3. The maximum absolute atomic E-state index is 12.8. The van der Waals surface area contributed by atoms with Crippen molar-refractivity contribution in [3.63, 3.8) is 0 Å². The second kappa shape index (κ2) is 6.94. The summed E-state index contributed by atoms with van der Waals surface area (Å²) in [5.41, 5.74) is 1.64. The molecule has 0 saturated heterocycles. The normalized spacial score (nSPS) is 20.3. The van der Waals surface area contributed by atoms with Crippen molar-refractivity contribution >= 4 is 27.7 Å². The van der Waals surface area contributed by atoms with Crippen LogP contribution in [0.15, 0.2) is 53.3 Å². The van der Waals surface area contributed by atoms with Crippen molar-refractivity contribution in [2.75, 3.05) is 0 Å². The van der Waals surface area contributed by atoms with Crippen LogP contribution in [0, 0.1) is 5.92 Å². The average Bonchev–Trinajstić information content (AvgIpc) is 2.67. The van der Waals surface area contributed by atoms with Gasteiger partial charge in [0.05, 0.1) is 11.0 Å². The van der Waals surface area contributed by atoms with E-state index in [2.05, 4.69) is 12.2 Å². The molecule has 1 N–H and O–H groups in total. The van der Waals surface area contributed by atoms with Crippen LogP contribution in [0.4, 0.5) is 0 Å². The number of benzene rings is 2. The van der Waals surface area contributed by atoms with Gasteiger partial charge in [-0.25, -0.2) is 0 Å². The lowest BCUT2D eigenvalue weighted by Gasteiger charge is -2.27. The number of hydrogen-bond donors (Lipinski definition) is 1. The van der Waals surface area contributed by atoms with Gasteiger partial charge in [-0.3, -0.25) is 9.59 Å². The number of amides is 1. The van der Waals surface area contributed by atoms with Gasteiger partial charge in [0.2, 0.25) is 5.91 Å². The Bertz CT molecular complexity index is 953. The Balaban J connectivity index is 1.70. The Morgan fingerprint density at radius 3 is 2.08 bits per heavy atom. The van der Waals surface area contributed by atoms with Crippen molar-refractivity contribution in [3.05, 3.63) is 58.8 Å². The number of rotatable bonds is 3. The molecule has 4 nitrogen and oxygen atoms in total. The van der Waals surface area contributed by atoms with Crippen molar-refractivity contribution in [3.8, 4) is 0 Å². The summed E-state index contributed by atoms with van der Waals surface area (Å²) in [4.78, 5) is 25.5. The van der Waals surface area contributed by atoms with Crippen molar-refractivity contribution in [2.24, 2.45) is 5.92 Å². The molecule has 3 aromatic rings. The zero-order chi connectivity index (χ0) is 18.1. The minimum absolute atomic E-state index is 0.0171. The first-order valence-electron chi connectivity index (χ1n) is 9.43. The molecule has 0 spiro atoms. The van der Waals surface area contributed by atoms with Gasteiger partial charge in [-0.1, -0.05) is 31.2 Å². The molecular formula is C22H24N2O2. The maximum atomic E-state index is 12.8. The first-order valence-corrected chi connectivity index (χ1v) is 9.43. The maximum Gasteiger partial charge on any atom is 0.240 e. The highest BCUT2D eigenvalue weighted by Crippen LogP contribution is 2.24. The largest absolute Gasteiger partial charge is 0.352 e. The summed E-state index contributed by atoms with van der Waals surface area (Å²) >= 11 is 0. The van der Waals surface area contributed by atoms with Crippen molar-refractivity contribution in [2.45, 2.75) is 45.2 Å². The fraction of sp³-hybridized carbons (Fsp3) is 0.364. The standard InChI is InChI=1S/C22H24N2O2/c1-15-10-12-16(13-11-15)23-21(25)14-24-19-8-4-2-6-17(19)22(26)18-7-3-5-9-20(18)24/h2-9,15-16H,10-14H2,1H3,(H,23,25). The van der Waals surface area contributed by atoms with Gasteiger partial charge < -0.3 is 9.88 Å². The number of pyridine rings is 1. The molecule has 4 rings (SSSR count). The quantitative estimate of drug-likeness (QED) is 0.731. The van der Waals surface area contributed by atoms with E-state index in [1.165, 1.54) is 12.8 Å². The van der Waals surface area contributed by atoms with Crippen LogP contribution in [0.5, 0.6) is 0 Å². The van der Waals surface area contributed by atoms with Gasteiger partial charge >= 0.3 is 0 Å². The highest BCUT2D eigenvalue weighted by atomic mass is 16.2. The summed E-state index contributed by atoms with van der Waals surface area (Å²) in [7, 11) is 0. The SMILES string of the molecule is CC1CCC(NC(=O)Cn2c3ccccc3c(=O)c3ccccc32)CC1. The molecule has 4 heteroatoms. The highest BCUT2D eigenvalue weighted by molar-refractivity contribution is 5.94. The third-order valence-electron chi connectivity index (χ3n) is 5.56. The fourth-order valence-corrected chi connectivity index (χ4v) is 4.07. The van der Waals surface area contributed by atoms with E-state index < -0.39 is 0 Å². The number of hydrogen-bond acceptors (Lipinski definition) is 2. The minimum atomic E-state index is 0.0171. The highest BCUT2D eigenvalue weighted by Gasteiger charge is 2.20. The molecule has 0 atom stereocenters. The monoisotopic (exact) mass is 348 g/mol.